The van der Waals surface area contributed by atoms with E-state index in [1.807, 2.05) is 6.92 Å². The van der Waals surface area contributed by atoms with Gasteiger partial charge in [0.15, 0.2) is 5.82 Å². The summed E-state index contributed by atoms with van der Waals surface area (Å²) in [4.78, 5) is 0. The highest BCUT2D eigenvalue weighted by Crippen LogP contribution is 2.23. The van der Waals surface area contributed by atoms with Gasteiger partial charge in [-0.15, -0.1) is 0 Å². The molecule has 0 spiro atoms. The topological polar surface area (TPSA) is 70.6 Å². The lowest BCUT2D eigenvalue weighted by Gasteiger charge is -2.18. The largest absolute Gasteiger partial charge is 0.409 e. The van der Waals surface area contributed by atoms with Gasteiger partial charge in [0.2, 0.25) is 0 Å². The fraction of sp³-hybridized carbons (Fsp3) is 0.364. The predicted molar refractivity (Wildman–Crippen MR) is 67.1 cm³/mol. The van der Waals surface area contributed by atoms with Crippen LogP contribution in [0.4, 0.5) is 10.1 Å². The molecule has 4 N–H and O–H groups in total. The highest BCUT2D eigenvalue weighted by Gasteiger charge is 2.12. The first-order valence-corrected chi connectivity index (χ1v) is 5.63. The van der Waals surface area contributed by atoms with Gasteiger partial charge in [-0.05, 0) is 18.6 Å². The van der Waals surface area contributed by atoms with Crippen molar-refractivity contribution in [3.05, 3.63) is 29.0 Å². The zero-order valence-corrected chi connectivity index (χ0v) is 10.2. The number of nitrogens with one attached hydrogen (secondary N) is 1. The Morgan fingerprint density at radius 1 is 1.65 bits per heavy atom. The molecule has 1 rings (SSSR count). The van der Waals surface area contributed by atoms with Crippen LogP contribution < -0.4 is 11.1 Å². The molecule has 0 aliphatic carbocycles. The van der Waals surface area contributed by atoms with E-state index in [-0.39, 0.29) is 16.9 Å². The van der Waals surface area contributed by atoms with Crippen LogP contribution in [0.3, 0.4) is 0 Å². The van der Waals surface area contributed by atoms with Crippen molar-refractivity contribution < 1.29 is 9.60 Å². The quantitative estimate of drug-likeness (QED) is 0.330. The van der Waals surface area contributed by atoms with Crippen LogP contribution in [-0.4, -0.2) is 17.1 Å². The molecule has 0 radical (unpaired) electrons. The van der Waals surface area contributed by atoms with E-state index in [4.69, 9.17) is 22.5 Å². The highest BCUT2D eigenvalue weighted by molar-refractivity contribution is 6.31. The summed E-state index contributed by atoms with van der Waals surface area (Å²) < 4.78 is 13.6. The zero-order valence-electron chi connectivity index (χ0n) is 9.45. The van der Waals surface area contributed by atoms with Crippen LogP contribution in [0, 0.1) is 5.82 Å². The van der Waals surface area contributed by atoms with Crippen molar-refractivity contribution in [2.45, 2.75) is 25.8 Å². The average molecular weight is 260 g/mol. The molecular formula is C11H15ClFN3O. The van der Waals surface area contributed by atoms with Crippen molar-refractivity contribution in [3.63, 3.8) is 0 Å². The third-order valence-electron chi connectivity index (χ3n) is 2.39. The van der Waals surface area contributed by atoms with E-state index in [2.05, 4.69) is 10.5 Å². The standard InChI is InChI=1S/C11H15ClFN3O/c1-2-7(6-10(14)16-17)15-9-5-3-4-8(12)11(9)13/h3-5,7,15,17H,2,6H2,1H3,(H2,14,16). The Balaban J connectivity index is 2.77. The number of hydrogen-bond acceptors (Lipinski definition) is 3. The SMILES string of the molecule is CCC(CC(N)=NO)Nc1cccc(Cl)c1F. The van der Waals surface area contributed by atoms with Crippen molar-refractivity contribution in [2.75, 3.05) is 5.32 Å². The Morgan fingerprint density at radius 2 is 2.35 bits per heavy atom. The number of oxime groups is 1. The van der Waals surface area contributed by atoms with Crippen LogP contribution in [0.2, 0.25) is 5.02 Å². The zero-order chi connectivity index (χ0) is 12.8. The molecule has 0 heterocycles. The lowest BCUT2D eigenvalue weighted by molar-refractivity contribution is 0.316. The van der Waals surface area contributed by atoms with Gasteiger partial charge in [0, 0.05) is 12.5 Å². The van der Waals surface area contributed by atoms with Gasteiger partial charge < -0.3 is 16.3 Å². The molecule has 1 aromatic rings. The molecule has 0 saturated heterocycles. The van der Waals surface area contributed by atoms with E-state index < -0.39 is 5.82 Å². The molecule has 0 amide bonds. The first-order chi connectivity index (χ1) is 8.08. The number of amidine groups is 1. The molecule has 6 heteroatoms. The second-order valence-electron chi connectivity index (χ2n) is 3.65. The molecule has 1 atom stereocenters. The average Bonchev–Trinajstić information content (AvgIpc) is 2.33. The van der Waals surface area contributed by atoms with Crippen LogP contribution in [0.15, 0.2) is 23.4 Å². The molecule has 0 saturated carbocycles. The maximum Gasteiger partial charge on any atom is 0.164 e. The maximum atomic E-state index is 13.6. The van der Waals surface area contributed by atoms with Gasteiger partial charge in [-0.1, -0.05) is 29.7 Å². The number of halogens is 2. The van der Waals surface area contributed by atoms with Gasteiger partial charge in [0.25, 0.3) is 0 Å². The minimum atomic E-state index is -0.493. The van der Waals surface area contributed by atoms with Crippen LogP contribution in [-0.2, 0) is 0 Å². The number of anilines is 1. The van der Waals surface area contributed by atoms with E-state index in [0.717, 1.165) is 0 Å². The summed E-state index contributed by atoms with van der Waals surface area (Å²) in [5.41, 5.74) is 5.73. The van der Waals surface area contributed by atoms with Gasteiger partial charge in [0.05, 0.1) is 10.7 Å². The highest BCUT2D eigenvalue weighted by atomic mass is 35.5. The van der Waals surface area contributed by atoms with E-state index in [9.17, 15) is 4.39 Å². The summed E-state index contributed by atoms with van der Waals surface area (Å²) >= 11 is 5.67. The van der Waals surface area contributed by atoms with Crippen LogP contribution in [0.1, 0.15) is 19.8 Å². The fourth-order valence-electron chi connectivity index (χ4n) is 1.43. The van der Waals surface area contributed by atoms with Gasteiger partial charge in [-0.25, -0.2) is 4.39 Å². The van der Waals surface area contributed by atoms with E-state index in [1.54, 1.807) is 12.1 Å². The summed E-state index contributed by atoms with van der Waals surface area (Å²) in [5, 5.41) is 14.4. The Labute approximate surface area is 104 Å². The molecule has 0 aliphatic rings. The van der Waals surface area contributed by atoms with Crippen molar-refractivity contribution in [1.82, 2.24) is 0 Å². The molecule has 1 aromatic carbocycles. The minimum Gasteiger partial charge on any atom is -0.409 e. The monoisotopic (exact) mass is 259 g/mol. The van der Waals surface area contributed by atoms with E-state index in [0.29, 0.717) is 18.5 Å². The first kappa shape index (κ1) is 13.6. The molecule has 0 bridgehead atoms. The van der Waals surface area contributed by atoms with Crippen LogP contribution in [0.25, 0.3) is 0 Å². The van der Waals surface area contributed by atoms with Crippen LogP contribution in [0.5, 0.6) is 0 Å². The molecule has 0 aromatic heterocycles. The van der Waals surface area contributed by atoms with Crippen molar-refractivity contribution in [2.24, 2.45) is 10.9 Å². The number of benzene rings is 1. The van der Waals surface area contributed by atoms with Crippen molar-refractivity contribution in [3.8, 4) is 0 Å². The Morgan fingerprint density at radius 3 is 2.94 bits per heavy atom. The van der Waals surface area contributed by atoms with Crippen molar-refractivity contribution in [1.29, 1.82) is 0 Å². The lowest BCUT2D eigenvalue weighted by Crippen LogP contribution is -2.26. The molecule has 94 valence electrons. The number of nitrogens with zero attached hydrogens (tertiary/aromatic N) is 1. The first-order valence-electron chi connectivity index (χ1n) is 5.25. The second-order valence-corrected chi connectivity index (χ2v) is 4.05. The van der Waals surface area contributed by atoms with Gasteiger partial charge >= 0.3 is 0 Å². The second kappa shape index (κ2) is 6.30. The number of hydrogen-bond donors (Lipinski definition) is 3. The third-order valence-corrected chi connectivity index (χ3v) is 2.68. The molecule has 0 fully saturated rings. The minimum absolute atomic E-state index is 0.0636. The summed E-state index contributed by atoms with van der Waals surface area (Å²) in [6.07, 6.45) is 1.04. The van der Waals surface area contributed by atoms with E-state index >= 15 is 0 Å². The van der Waals surface area contributed by atoms with Crippen LogP contribution >= 0.6 is 11.6 Å². The van der Waals surface area contributed by atoms with Gasteiger partial charge in [-0.3, -0.25) is 0 Å². The molecule has 1 unspecified atom stereocenters. The summed E-state index contributed by atoms with van der Waals surface area (Å²) in [6, 6.07) is 4.62. The third kappa shape index (κ3) is 3.78. The number of nitrogens with two attached hydrogens (primary N) is 1. The summed E-state index contributed by atoms with van der Waals surface area (Å²) in [6.45, 7) is 1.92. The Hall–Kier alpha value is -1.49. The molecule has 17 heavy (non-hydrogen) atoms. The predicted octanol–water partition coefficient (Wildman–Crippen LogP) is 2.81. The normalized spacial score (nSPS) is 13.5. The smallest absolute Gasteiger partial charge is 0.164 e. The molecular weight excluding hydrogens is 245 g/mol. The molecule has 0 aliphatic heterocycles. The number of rotatable bonds is 5. The van der Waals surface area contributed by atoms with Gasteiger partial charge in [-0.2, -0.15) is 0 Å². The summed E-state index contributed by atoms with van der Waals surface area (Å²) in [7, 11) is 0. The summed E-state index contributed by atoms with van der Waals surface area (Å²) in [5.74, 6) is -0.390. The Kier molecular flexibility index (Phi) is 5.03. The lowest BCUT2D eigenvalue weighted by atomic mass is 10.1. The fourth-order valence-corrected chi connectivity index (χ4v) is 1.60. The maximum absolute atomic E-state index is 13.6. The Bertz CT molecular complexity index is 412. The van der Waals surface area contributed by atoms with E-state index in [1.165, 1.54) is 6.07 Å². The molecule has 4 nitrogen and oxygen atoms in total. The van der Waals surface area contributed by atoms with Gasteiger partial charge in [0.1, 0.15) is 5.84 Å². The van der Waals surface area contributed by atoms with Crippen molar-refractivity contribution >= 4 is 23.1 Å².